The number of nitrogens with zero attached hydrogens (tertiary/aromatic N) is 1. The molecule has 0 aliphatic rings. The van der Waals surface area contributed by atoms with E-state index in [2.05, 4.69) is 69.2 Å². The van der Waals surface area contributed by atoms with Crippen molar-refractivity contribution in [2.24, 2.45) is 0 Å². The molecule has 2 heteroatoms. The number of benzene rings is 1. The zero-order chi connectivity index (χ0) is 12.8. The van der Waals surface area contributed by atoms with E-state index in [1.807, 2.05) is 0 Å². The van der Waals surface area contributed by atoms with Crippen molar-refractivity contribution in [2.45, 2.75) is 52.6 Å². The van der Waals surface area contributed by atoms with Crippen molar-refractivity contribution in [3.8, 4) is 0 Å². The third-order valence-electron chi connectivity index (χ3n) is 3.55. The average molecular weight is 234 g/mol. The summed E-state index contributed by atoms with van der Waals surface area (Å²) in [6.45, 7) is 8.88. The topological polar surface area (TPSA) is 15.3 Å². The summed E-state index contributed by atoms with van der Waals surface area (Å²) in [5.41, 5.74) is 2.50. The number of hydrogen-bond acceptors (Lipinski definition) is 2. The SMILES string of the molecule is CCC(C)Nc1ccc(N(C)C(C)CC)cc1. The quantitative estimate of drug-likeness (QED) is 0.796. The molecule has 1 aromatic rings. The summed E-state index contributed by atoms with van der Waals surface area (Å²) in [7, 11) is 2.16. The van der Waals surface area contributed by atoms with Crippen LogP contribution in [0.25, 0.3) is 0 Å². The predicted molar refractivity (Wildman–Crippen MR) is 78.0 cm³/mol. The van der Waals surface area contributed by atoms with Crippen molar-refractivity contribution in [1.82, 2.24) is 0 Å². The molecule has 0 radical (unpaired) electrons. The first-order valence-electron chi connectivity index (χ1n) is 6.67. The third kappa shape index (κ3) is 3.95. The normalized spacial score (nSPS) is 14.2. The van der Waals surface area contributed by atoms with Gasteiger partial charge in [0.25, 0.3) is 0 Å². The number of hydrogen-bond donors (Lipinski definition) is 1. The second-order valence-electron chi connectivity index (χ2n) is 4.87. The Morgan fingerprint density at radius 3 is 2.12 bits per heavy atom. The first kappa shape index (κ1) is 13.9. The zero-order valence-electron chi connectivity index (χ0n) is 11.8. The summed E-state index contributed by atoms with van der Waals surface area (Å²) in [6.07, 6.45) is 2.32. The van der Waals surface area contributed by atoms with Gasteiger partial charge < -0.3 is 10.2 Å². The third-order valence-corrected chi connectivity index (χ3v) is 3.55. The van der Waals surface area contributed by atoms with Crippen LogP contribution in [0, 0.1) is 0 Å². The summed E-state index contributed by atoms with van der Waals surface area (Å²) in [6, 6.07) is 9.84. The van der Waals surface area contributed by atoms with Crippen LogP contribution in [0.1, 0.15) is 40.5 Å². The molecule has 1 N–H and O–H groups in total. The summed E-state index contributed by atoms with van der Waals surface area (Å²) in [5, 5.41) is 3.48. The molecule has 2 atom stereocenters. The molecule has 2 unspecified atom stereocenters. The molecule has 0 saturated carbocycles. The van der Waals surface area contributed by atoms with Gasteiger partial charge in [0.2, 0.25) is 0 Å². The molecule has 2 nitrogen and oxygen atoms in total. The summed E-state index contributed by atoms with van der Waals surface area (Å²) in [5.74, 6) is 0. The minimum absolute atomic E-state index is 0.535. The maximum absolute atomic E-state index is 3.48. The van der Waals surface area contributed by atoms with E-state index < -0.39 is 0 Å². The van der Waals surface area contributed by atoms with Crippen LogP contribution in [0.3, 0.4) is 0 Å². The highest BCUT2D eigenvalue weighted by Gasteiger charge is 2.07. The molecule has 0 bridgehead atoms. The first-order valence-corrected chi connectivity index (χ1v) is 6.67. The van der Waals surface area contributed by atoms with Crippen LogP contribution in [0.2, 0.25) is 0 Å². The van der Waals surface area contributed by atoms with Gasteiger partial charge in [0.1, 0.15) is 0 Å². The van der Waals surface area contributed by atoms with Gasteiger partial charge in [-0.3, -0.25) is 0 Å². The molecule has 0 fully saturated rings. The fourth-order valence-corrected chi connectivity index (χ4v) is 1.71. The summed E-state index contributed by atoms with van der Waals surface area (Å²) in [4.78, 5) is 2.33. The Labute approximate surface area is 106 Å². The van der Waals surface area contributed by atoms with Gasteiger partial charge in [-0.25, -0.2) is 0 Å². The highest BCUT2D eigenvalue weighted by Crippen LogP contribution is 2.20. The highest BCUT2D eigenvalue weighted by atomic mass is 15.1. The summed E-state index contributed by atoms with van der Waals surface area (Å²) >= 11 is 0. The Balaban J connectivity index is 2.67. The summed E-state index contributed by atoms with van der Waals surface area (Å²) < 4.78 is 0. The second-order valence-corrected chi connectivity index (χ2v) is 4.87. The van der Waals surface area contributed by atoms with Crippen LogP contribution in [0.15, 0.2) is 24.3 Å². The fraction of sp³-hybridized carbons (Fsp3) is 0.600. The van der Waals surface area contributed by atoms with Crippen molar-refractivity contribution in [1.29, 1.82) is 0 Å². The monoisotopic (exact) mass is 234 g/mol. The fourth-order valence-electron chi connectivity index (χ4n) is 1.71. The van der Waals surface area contributed by atoms with Crippen molar-refractivity contribution >= 4 is 11.4 Å². The van der Waals surface area contributed by atoms with Gasteiger partial charge in [0.15, 0.2) is 0 Å². The van der Waals surface area contributed by atoms with Gasteiger partial charge in [0, 0.05) is 30.5 Å². The second kappa shape index (κ2) is 6.53. The first-order chi connectivity index (χ1) is 8.08. The van der Waals surface area contributed by atoms with Gasteiger partial charge in [-0.1, -0.05) is 13.8 Å². The van der Waals surface area contributed by atoms with E-state index in [1.54, 1.807) is 0 Å². The van der Waals surface area contributed by atoms with E-state index in [-0.39, 0.29) is 0 Å². The van der Waals surface area contributed by atoms with E-state index in [1.165, 1.54) is 17.8 Å². The minimum atomic E-state index is 0.535. The molecule has 1 rings (SSSR count). The lowest BCUT2D eigenvalue weighted by Gasteiger charge is -2.26. The molecule has 0 spiro atoms. The van der Waals surface area contributed by atoms with E-state index >= 15 is 0 Å². The van der Waals surface area contributed by atoms with Crippen LogP contribution in [-0.4, -0.2) is 19.1 Å². The van der Waals surface area contributed by atoms with Crippen molar-refractivity contribution < 1.29 is 0 Å². The van der Waals surface area contributed by atoms with Crippen LogP contribution in [-0.2, 0) is 0 Å². The standard InChI is InChI=1S/C15H26N2/c1-6-12(3)16-14-8-10-15(11-9-14)17(5)13(4)7-2/h8-13,16H,6-7H2,1-5H3. The van der Waals surface area contributed by atoms with Crippen molar-refractivity contribution in [3.05, 3.63) is 24.3 Å². The van der Waals surface area contributed by atoms with Crippen LogP contribution in [0.5, 0.6) is 0 Å². The zero-order valence-corrected chi connectivity index (χ0v) is 11.8. The highest BCUT2D eigenvalue weighted by molar-refractivity contribution is 5.55. The Morgan fingerprint density at radius 2 is 1.65 bits per heavy atom. The molecular weight excluding hydrogens is 208 g/mol. The maximum Gasteiger partial charge on any atom is 0.0367 e. The molecule has 0 aromatic heterocycles. The lowest BCUT2D eigenvalue weighted by atomic mass is 10.2. The smallest absolute Gasteiger partial charge is 0.0367 e. The van der Waals surface area contributed by atoms with Crippen molar-refractivity contribution in [2.75, 3.05) is 17.3 Å². The van der Waals surface area contributed by atoms with E-state index in [9.17, 15) is 0 Å². The van der Waals surface area contributed by atoms with Gasteiger partial charge in [0.05, 0.1) is 0 Å². The number of nitrogens with one attached hydrogen (secondary N) is 1. The van der Waals surface area contributed by atoms with E-state index in [4.69, 9.17) is 0 Å². The molecule has 0 aliphatic carbocycles. The molecule has 0 amide bonds. The Morgan fingerprint density at radius 1 is 1.06 bits per heavy atom. The largest absolute Gasteiger partial charge is 0.383 e. The molecular formula is C15H26N2. The molecule has 96 valence electrons. The lowest BCUT2D eigenvalue weighted by molar-refractivity contribution is 0.664. The molecule has 0 saturated heterocycles. The number of rotatable bonds is 6. The average Bonchev–Trinajstić information content (AvgIpc) is 2.37. The molecule has 17 heavy (non-hydrogen) atoms. The predicted octanol–water partition coefficient (Wildman–Crippen LogP) is 4.13. The number of anilines is 2. The van der Waals surface area contributed by atoms with Crippen molar-refractivity contribution in [3.63, 3.8) is 0 Å². The molecule has 0 aliphatic heterocycles. The minimum Gasteiger partial charge on any atom is -0.383 e. The van der Waals surface area contributed by atoms with Crippen LogP contribution < -0.4 is 10.2 Å². The van der Waals surface area contributed by atoms with E-state index in [0.29, 0.717) is 12.1 Å². The Hall–Kier alpha value is -1.18. The van der Waals surface area contributed by atoms with E-state index in [0.717, 1.165) is 6.42 Å². The molecule has 1 aromatic carbocycles. The lowest BCUT2D eigenvalue weighted by Crippen LogP contribution is -2.27. The van der Waals surface area contributed by atoms with Gasteiger partial charge in [-0.15, -0.1) is 0 Å². The van der Waals surface area contributed by atoms with Gasteiger partial charge in [-0.2, -0.15) is 0 Å². The maximum atomic E-state index is 3.48. The van der Waals surface area contributed by atoms with Crippen LogP contribution >= 0.6 is 0 Å². The van der Waals surface area contributed by atoms with Gasteiger partial charge >= 0.3 is 0 Å². The Kier molecular flexibility index (Phi) is 5.33. The van der Waals surface area contributed by atoms with Gasteiger partial charge in [-0.05, 0) is 51.0 Å². The van der Waals surface area contributed by atoms with Crippen LogP contribution in [0.4, 0.5) is 11.4 Å². The Bertz CT molecular complexity index is 318. The molecule has 0 heterocycles.